The van der Waals surface area contributed by atoms with Crippen LogP contribution >= 0.6 is 0 Å². The molecule has 0 aliphatic carbocycles. The highest BCUT2D eigenvalue weighted by molar-refractivity contribution is 5.91. The lowest BCUT2D eigenvalue weighted by Gasteiger charge is -2.03. The molecule has 0 atom stereocenters. The third kappa shape index (κ3) is 3.98. The fourth-order valence-electron chi connectivity index (χ4n) is 2.44. The quantitative estimate of drug-likeness (QED) is 0.578. The Labute approximate surface area is 140 Å². The number of hydrazone groups is 1. The lowest BCUT2D eigenvalue weighted by molar-refractivity contribution is -0.120. The predicted molar refractivity (Wildman–Crippen MR) is 96.4 cm³/mol. The Kier molecular flexibility index (Phi) is 4.87. The number of rotatable bonds is 5. The van der Waals surface area contributed by atoms with Crippen molar-refractivity contribution in [3.63, 3.8) is 0 Å². The fourth-order valence-corrected chi connectivity index (χ4v) is 2.44. The number of methoxy groups -OCH3 is 1. The van der Waals surface area contributed by atoms with Crippen molar-refractivity contribution in [2.24, 2.45) is 5.10 Å². The number of amides is 1. The SMILES string of the molecule is COc1ccc(CC(=O)NN=Cc2ccc3ccccc3c2)cc1. The molecule has 0 unspecified atom stereocenters. The van der Waals surface area contributed by atoms with Gasteiger partial charge < -0.3 is 4.74 Å². The van der Waals surface area contributed by atoms with E-state index >= 15 is 0 Å². The molecular weight excluding hydrogens is 300 g/mol. The number of nitrogens with one attached hydrogen (secondary N) is 1. The lowest BCUT2D eigenvalue weighted by atomic mass is 10.1. The summed E-state index contributed by atoms with van der Waals surface area (Å²) in [6.07, 6.45) is 1.93. The molecule has 0 bridgehead atoms. The molecule has 4 heteroatoms. The zero-order chi connectivity index (χ0) is 16.8. The summed E-state index contributed by atoms with van der Waals surface area (Å²) in [6, 6.07) is 21.6. The number of carbonyl (C=O) groups excluding carboxylic acids is 1. The molecule has 0 aliphatic heterocycles. The molecule has 0 radical (unpaired) electrons. The summed E-state index contributed by atoms with van der Waals surface area (Å²) < 4.78 is 5.09. The van der Waals surface area contributed by atoms with Crippen LogP contribution < -0.4 is 10.2 Å². The minimum atomic E-state index is -0.155. The summed E-state index contributed by atoms with van der Waals surface area (Å²) in [5.74, 6) is 0.616. The zero-order valence-corrected chi connectivity index (χ0v) is 13.4. The summed E-state index contributed by atoms with van der Waals surface area (Å²) in [7, 11) is 1.61. The van der Waals surface area contributed by atoms with Gasteiger partial charge in [0.2, 0.25) is 5.91 Å². The second kappa shape index (κ2) is 7.42. The molecule has 1 N–H and O–H groups in total. The molecule has 0 fully saturated rings. The zero-order valence-electron chi connectivity index (χ0n) is 13.4. The minimum Gasteiger partial charge on any atom is -0.497 e. The molecule has 3 aromatic rings. The predicted octanol–water partition coefficient (Wildman–Crippen LogP) is 3.54. The van der Waals surface area contributed by atoms with E-state index in [0.717, 1.165) is 22.3 Å². The maximum atomic E-state index is 11.9. The smallest absolute Gasteiger partial charge is 0.244 e. The van der Waals surface area contributed by atoms with E-state index in [4.69, 9.17) is 4.74 Å². The van der Waals surface area contributed by atoms with Gasteiger partial charge in [0.1, 0.15) is 5.75 Å². The maximum absolute atomic E-state index is 11.9. The van der Waals surface area contributed by atoms with Gasteiger partial charge in [-0.2, -0.15) is 5.10 Å². The number of nitrogens with zero attached hydrogens (tertiary/aromatic N) is 1. The van der Waals surface area contributed by atoms with Crippen LogP contribution in [-0.4, -0.2) is 19.2 Å². The Morgan fingerprint density at radius 3 is 2.54 bits per heavy atom. The Morgan fingerprint density at radius 1 is 1.04 bits per heavy atom. The summed E-state index contributed by atoms with van der Waals surface area (Å²) in [6.45, 7) is 0. The van der Waals surface area contributed by atoms with Gasteiger partial charge in [-0.05, 0) is 40.1 Å². The fraction of sp³-hybridized carbons (Fsp3) is 0.100. The van der Waals surface area contributed by atoms with Gasteiger partial charge in [0.25, 0.3) is 0 Å². The number of hydrogen-bond acceptors (Lipinski definition) is 3. The maximum Gasteiger partial charge on any atom is 0.244 e. The number of benzene rings is 3. The van der Waals surface area contributed by atoms with Gasteiger partial charge in [-0.25, -0.2) is 5.43 Å². The van der Waals surface area contributed by atoms with Crippen LogP contribution in [0.2, 0.25) is 0 Å². The second-order valence-electron chi connectivity index (χ2n) is 5.42. The molecule has 0 spiro atoms. The first kappa shape index (κ1) is 15.7. The standard InChI is InChI=1S/C20H18N2O2/c1-24-19-10-7-15(8-11-19)13-20(23)22-21-14-16-6-9-17-4-2-3-5-18(17)12-16/h2-12,14H,13H2,1H3,(H,22,23). The molecule has 3 rings (SSSR count). The van der Waals surface area contributed by atoms with Gasteiger partial charge in [0.15, 0.2) is 0 Å². The van der Waals surface area contributed by atoms with Gasteiger partial charge in [-0.1, -0.05) is 48.5 Å². The van der Waals surface area contributed by atoms with Gasteiger partial charge in [-0.3, -0.25) is 4.79 Å². The van der Waals surface area contributed by atoms with Crippen molar-refractivity contribution >= 4 is 22.9 Å². The molecule has 0 saturated carbocycles. The highest BCUT2D eigenvalue weighted by atomic mass is 16.5. The van der Waals surface area contributed by atoms with Crippen LogP contribution in [0, 0.1) is 0 Å². The highest BCUT2D eigenvalue weighted by Crippen LogP contribution is 2.14. The molecule has 24 heavy (non-hydrogen) atoms. The minimum absolute atomic E-state index is 0.155. The molecule has 120 valence electrons. The molecule has 0 aromatic heterocycles. The second-order valence-corrected chi connectivity index (χ2v) is 5.42. The molecule has 0 saturated heterocycles. The van der Waals surface area contributed by atoms with E-state index in [0.29, 0.717) is 0 Å². The topological polar surface area (TPSA) is 50.7 Å². The van der Waals surface area contributed by atoms with E-state index in [-0.39, 0.29) is 12.3 Å². The number of carbonyl (C=O) groups is 1. The Bertz CT molecular complexity index is 870. The van der Waals surface area contributed by atoms with E-state index in [1.807, 2.05) is 54.6 Å². The van der Waals surface area contributed by atoms with Crippen LogP contribution in [-0.2, 0) is 11.2 Å². The van der Waals surface area contributed by atoms with Crippen LogP contribution in [0.4, 0.5) is 0 Å². The van der Waals surface area contributed by atoms with Crippen molar-refractivity contribution in [1.82, 2.24) is 5.43 Å². The van der Waals surface area contributed by atoms with Gasteiger partial charge in [0, 0.05) is 0 Å². The van der Waals surface area contributed by atoms with Crippen molar-refractivity contribution in [3.8, 4) is 5.75 Å². The molecule has 4 nitrogen and oxygen atoms in total. The summed E-state index contributed by atoms with van der Waals surface area (Å²) in [5.41, 5.74) is 4.41. The Balaban J connectivity index is 1.58. The number of ether oxygens (including phenoxy) is 1. The van der Waals surface area contributed by atoms with Gasteiger partial charge in [-0.15, -0.1) is 0 Å². The van der Waals surface area contributed by atoms with E-state index in [1.165, 1.54) is 5.39 Å². The summed E-state index contributed by atoms with van der Waals surface area (Å²) in [4.78, 5) is 11.9. The monoisotopic (exact) mass is 318 g/mol. The first-order valence-corrected chi connectivity index (χ1v) is 7.68. The van der Waals surface area contributed by atoms with Crippen molar-refractivity contribution in [2.45, 2.75) is 6.42 Å². The number of hydrogen-bond donors (Lipinski definition) is 1. The van der Waals surface area contributed by atoms with E-state index in [1.54, 1.807) is 13.3 Å². The largest absolute Gasteiger partial charge is 0.497 e. The van der Waals surface area contributed by atoms with Crippen LogP contribution in [0.15, 0.2) is 71.8 Å². The molecular formula is C20H18N2O2. The van der Waals surface area contributed by atoms with Crippen LogP contribution in [0.3, 0.4) is 0 Å². The molecule has 3 aromatic carbocycles. The lowest BCUT2D eigenvalue weighted by Crippen LogP contribution is -2.19. The average molecular weight is 318 g/mol. The van der Waals surface area contributed by atoms with E-state index in [9.17, 15) is 4.79 Å². The van der Waals surface area contributed by atoms with Crippen molar-refractivity contribution < 1.29 is 9.53 Å². The third-order valence-electron chi connectivity index (χ3n) is 3.70. The highest BCUT2D eigenvalue weighted by Gasteiger charge is 2.02. The van der Waals surface area contributed by atoms with Crippen molar-refractivity contribution in [2.75, 3.05) is 7.11 Å². The van der Waals surface area contributed by atoms with Gasteiger partial charge in [0.05, 0.1) is 19.7 Å². The Hall–Kier alpha value is -3.14. The van der Waals surface area contributed by atoms with E-state index < -0.39 is 0 Å². The Morgan fingerprint density at radius 2 is 1.79 bits per heavy atom. The molecule has 1 amide bonds. The van der Waals surface area contributed by atoms with Gasteiger partial charge >= 0.3 is 0 Å². The van der Waals surface area contributed by atoms with Crippen LogP contribution in [0.1, 0.15) is 11.1 Å². The molecule has 0 aliphatic rings. The van der Waals surface area contributed by atoms with E-state index in [2.05, 4.69) is 22.7 Å². The molecule has 0 heterocycles. The normalized spacial score (nSPS) is 10.9. The van der Waals surface area contributed by atoms with Crippen LogP contribution in [0.5, 0.6) is 5.75 Å². The average Bonchev–Trinajstić information content (AvgIpc) is 2.62. The van der Waals surface area contributed by atoms with Crippen molar-refractivity contribution in [1.29, 1.82) is 0 Å². The summed E-state index contributed by atoms with van der Waals surface area (Å²) >= 11 is 0. The van der Waals surface area contributed by atoms with Crippen LogP contribution in [0.25, 0.3) is 10.8 Å². The number of fused-ring (bicyclic) bond motifs is 1. The third-order valence-corrected chi connectivity index (χ3v) is 3.70. The summed E-state index contributed by atoms with van der Waals surface area (Å²) in [5, 5.41) is 6.35. The first-order chi connectivity index (χ1) is 11.7. The van der Waals surface area contributed by atoms with Crippen molar-refractivity contribution in [3.05, 3.63) is 77.9 Å². The first-order valence-electron chi connectivity index (χ1n) is 7.68.